The standard InChI is InChI=1S/C17H27NO3/c1-6-11-18-17(4,16(19)20-5)10-12-21-15-13(2)8-7-9-14(15)3/h7-9,18H,6,10-12H2,1-5H3. The van der Waals surface area contributed by atoms with Crippen LogP contribution >= 0.6 is 0 Å². The molecule has 21 heavy (non-hydrogen) atoms. The highest BCUT2D eigenvalue weighted by atomic mass is 16.5. The summed E-state index contributed by atoms with van der Waals surface area (Å²) in [6.07, 6.45) is 1.53. The Morgan fingerprint density at radius 1 is 1.29 bits per heavy atom. The smallest absolute Gasteiger partial charge is 0.325 e. The average Bonchev–Trinajstić information content (AvgIpc) is 2.47. The van der Waals surface area contributed by atoms with E-state index >= 15 is 0 Å². The predicted octanol–water partition coefficient (Wildman–Crippen LogP) is 3.00. The molecular weight excluding hydrogens is 266 g/mol. The van der Waals surface area contributed by atoms with Gasteiger partial charge < -0.3 is 14.8 Å². The van der Waals surface area contributed by atoms with Gasteiger partial charge in [0.25, 0.3) is 0 Å². The maximum absolute atomic E-state index is 12.0. The van der Waals surface area contributed by atoms with Gasteiger partial charge >= 0.3 is 5.97 Å². The van der Waals surface area contributed by atoms with E-state index in [1.165, 1.54) is 7.11 Å². The minimum atomic E-state index is -0.707. The zero-order valence-corrected chi connectivity index (χ0v) is 13.8. The van der Waals surface area contributed by atoms with Crippen LogP contribution in [0.15, 0.2) is 18.2 Å². The Labute approximate surface area is 127 Å². The third-order valence-corrected chi connectivity index (χ3v) is 3.66. The fraction of sp³-hybridized carbons (Fsp3) is 0.588. The lowest BCUT2D eigenvalue weighted by molar-refractivity contribution is -0.148. The summed E-state index contributed by atoms with van der Waals surface area (Å²) in [7, 11) is 1.42. The zero-order chi connectivity index (χ0) is 15.9. The summed E-state index contributed by atoms with van der Waals surface area (Å²) in [4.78, 5) is 12.0. The summed E-state index contributed by atoms with van der Waals surface area (Å²) in [6, 6.07) is 6.06. The normalized spacial score (nSPS) is 13.6. The molecule has 0 saturated carbocycles. The first-order valence-corrected chi connectivity index (χ1v) is 7.47. The number of hydrogen-bond acceptors (Lipinski definition) is 4. The molecule has 0 radical (unpaired) electrons. The number of aryl methyl sites for hydroxylation is 2. The number of esters is 1. The van der Waals surface area contributed by atoms with Gasteiger partial charge in [0.2, 0.25) is 0 Å². The number of ether oxygens (including phenoxy) is 2. The highest BCUT2D eigenvalue weighted by molar-refractivity contribution is 5.80. The van der Waals surface area contributed by atoms with E-state index < -0.39 is 5.54 Å². The SMILES string of the molecule is CCCNC(C)(CCOc1c(C)cccc1C)C(=O)OC. The molecule has 0 aliphatic carbocycles. The maximum atomic E-state index is 12.0. The quantitative estimate of drug-likeness (QED) is 0.749. The molecule has 0 bridgehead atoms. The van der Waals surface area contributed by atoms with Gasteiger partial charge in [-0.3, -0.25) is 4.79 Å². The van der Waals surface area contributed by atoms with Crippen LogP contribution in [0.25, 0.3) is 0 Å². The van der Waals surface area contributed by atoms with E-state index in [9.17, 15) is 4.79 Å². The van der Waals surface area contributed by atoms with E-state index in [1.807, 2.05) is 39.0 Å². The lowest BCUT2D eigenvalue weighted by Gasteiger charge is -2.28. The van der Waals surface area contributed by atoms with Gasteiger partial charge in [0.1, 0.15) is 11.3 Å². The molecule has 0 aliphatic heterocycles. The lowest BCUT2D eigenvalue weighted by Crippen LogP contribution is -2.51. The predicted molar refractivity (Wildman–Crippen MR) is 84.7 cm³/mol. The van der Waals surface area contributed by atoms with E-state index in [-0.39, 0.29) is 5.97 Å². The fourth-order valence-electron chi connectivity index (χ4n) is 2.27. The molecule has 0 heterocycles. The molecular formula is C17H27NO3. The van der Waals surface area contributed by atoms with E-state index in [0.717, 1.165) is 29.8 Å². The Morgan fingerprint density at radius 3 is 2.43 bits per heavy atom. The zero-order valence-electron chi connectivity index (χ0n) is 13.8. The van der Waals surface area contributed by atoms with Crippen molar-refractivity contribution in [3.8, 4) is 5.75 Å². The molecule has 0 aliphatic rings. The Bertz CT molecular complexity index is 453. The maximum Gasteiger partial charge on any atom is 0.325 e. The van der Waals surface area contributed by atoms with E-state index in [4.69, 9.17) is 9.47 Å². The van der Waals surface area contributed by atoms with Crippen LogP contribution in [0, 0.1) is 13.8 Å². The summed E-state index contributed by atoms with van der Waals surface area (Å²) in [5.41, 5.74) is 1.51. The molecule has 4 nitrogen and oxygen atoms in total. The third kappa shape index (κ3) is 4.74. The summed E-state index contributed by atoms with van der Waals surface area (Å²) >= 11 is 0. The first-order chi connectivity index (χ1) is 9.94. The molecule has 1 N–H and O–H groups in total. The van der Waals surface area contributed by atoms with Gasteiger partial charge in [0.05, 0.1) is 13.7 Å². The number of benzene rings is 1. The van der Waals surface area contributed by atoms with Gasteiger partial charge in [-0.05, 0) is 44.9 Å². The van der Waals surface area contributed by atoms with Gasteiger partial charge in [-0.15, -0.1) is 0 Å². The molecule has 1 rings (SSSR count). The number of carbonyl (C=O) groups is 1. The topological polar surface area (TPSA) is 47.6 Å². The van der Waals surface area contributed by atoms with Crippen LogP contribution in [0.4, 0.5) is 0 Å². The average molecular weight is 293 g/mol. The van der Waals surface area contributed by atoms with Crippen LogP contribution in [0.1, 0.15) is 37.8 Å². The van der Waals surface area contributed by atoms with Crippen molar-refractivity contribution in [1.82, 2.24) is 5.32 Å². The van der Waals surface area contributed by atoms with Gasteiger partial charge in [-0.25, -0.2) is 0 Å². The van der Waals surface area contributed by atoms with Crippen LogP contribution in [0.2, 0.25) is 0 Å². The molecule has 0 aromatic heterocycles. The van der Waals surface area contributed by atoms with Crippen molar-refractivity contribution in [3.63, 3.8) is 0 Å². The Kier molecular flexibility index (Phi) is 6.69. The molecule has 0 fully saturated rings. The Hall–Kier alpha value is -1.55. The molecule has 118 valence electrons. The van der Waals surface area contributed by atoms with Crippen LogP contribution in [-0.4, -0.2) is 31.8 Å². The van der Waals surface area contributed by atoms with Gasteiger partial charge in [-0.2, -0.15) is 0 Å². The minimum absolute atomic E-state index is 0.249. The van der Waals surface area contributed by atoms with Crippen molar-refractivity contribution in [2.45, 2.75) is 46.1 Å². The Morgan fingerprint density at radius 2 is 1.90 bits per heavy atom. The summed E-state index contributed by atoms with van der Waals surface area (Å²) in [6.45, 7) is 9.22. The van der Waals surface area contributed by atoms with Gasteiger partial charge in [0, 0.05) is 6.42 Å². The van der Waals surface area contributed by atoms with Crippen molar-refractivity contribution in [2.75, 3.05) is 20.3 Å². The number of nitrogens with one attached hydrogen (secondary N) is 1. The monoisotopic (exact) mass is 293 g/mol. The second-order valence-electron chi connectivity index (χ2n) is 5.57. The fourth-order valence-corrected chi connectivity index (χ4v) is 2.27. The molecule has 1 aromatic rings. The molecule has 0 saturated heterocycles. The molecule has 1 aromatic carbocycles. The molecule has 0 amide bonds. The van der Waals surface area contributed by atoms with Gasteiger partial charge in [-0.1, -0.05) is 25.1 Å². The number of carbonyl (C=O) groups excluding carboxylic acids is 1. The second kappa shape index (κ2) is 8.03. The lowest BCUT2D eigenvalue weighted by atomic mass is 9.98. The highest BCUT2D eigenvalue weighted by Gasteiger charge is 2.33. The molecule has 0 spiro atoms. The van der Waals surface area contributed by atoms with Crippen molar-refractivity contribution in [3.05, 3.63) is 29.3 Å². The van der Waals surface area contributed by atoms with Crippen molar-refractivity contribution >= 4 is 5.97 Å². The molecule has 1 unspecified atom stereocenters. The summed E-state index contributed by atoms with van der Waals surface area (Å²) < 4.78 is 10.8. The van der Waals surface area contributed by atoms with E-state index in [2.05, 4.69) is 12.2 Å². The van der Waals surface area contributed by atoms with Crippen LogP contribution < -0.4 is 10.1 Å². The minimum Gasteiger partial charge on any atom is -0.493 e. The summed E-state index contributed by atoms with van der Waals surface area (Å²) in [5, 5.41) is 3.26. The molecule has 1 atom stereocenters. The second-order valence-corrected chi connectivity index (χ2v) is 5.57. The van der Waals surface area contributed by atoms with Crippen LogP contribution in [0.5, 0.6) is 5.75 Å². The first-order valence-electron chi connectivity index (χ1n) is 7.47. The number of methoxy groups -OCH3 is 1. The van der Waals surface area contributed by atoms with Crippen molar-refractivity contribution < 1.29 is 14.3 Å². The van der Waals surface area contributed by atoms with Crippen molar-refractivity contribution in [2.24, 2.45) is 0 Å². The highest BCUT2D eigenvalue weighted by Crippen LogP contribution is 2.23. The number of rotatable bonds is 8. The first kappa shape index (κ1) is 17.5. The largest absolute Gasteiger partial charge is 0.493 e. The Balaban J connectivity index is 2.67. The van der Waals surface area contributed by atoms with Gasteiger partial charge in [0.15, 0.2) is 0 Å². The van der Waals surface area contributed by atoms with E-state index in [1.54, 1.807) is 0 Å². The van der Waals surface area contributed by atoms with Crippen LogP contribution in [0.3, 0.4) is 0 Å². The van der Waals surface area contributed by atoms with E-state index in [0.29, 0.717) is 13.0 Å². The van der Waals surface area contributed by atoms with Crippen molar-refractivity contribution in [1.29, 1.82) is 0 Å². The third-order valence-electron chi connectivity index (χ3n) is 3.66. The van der Waals surface area contributed by atoms with Crippen LogP contribution in [-0.2, 0) is 9.53 Å². The number of para-hydroxylation sites is 1. The number of hydrogen-bond donors (Lipinski definition) is 1. The molecule has 4 heteroatoms. The summed E-state index contributed by atoms with van der Waals surface area (Å²) in [5.74, 6) is 0.654.